The first kappa shape index (κ1) is 19.7. The summed E-state index contributed by atoms with van der Waals surface area (Å²) in [7, 11) is 0. The molecule has 2 heterocycles. The van der Waals surface area contributed by atoms with Crippen molar-refractivity contribution in [2.24, 2.45) is 0 Å². The van der Waals surface area contributed by atoms with Gasteiger partial charge in [0, 0.05) is 24.2 Å². The Bertz CT molecular complexity index is 1020. The van der Waals surface area contributed by atoms with Gasteiger partial charge in [0.2, 0.25) is 5.82 Å². The predicted octanol–water partition coefficient (Wildman–Crippen LogP) is 4.52. The fraction of sp³-hybridized carbons (Fsp3) is 0.316. The second-order valence-electron chi connectivity index (χ2n) is 6.29. The fourth-order valence-corrected chi connectivity index (χ4v) is 2.87. The molecule has 6 nitrogen and oxygen atoms in total. The van der Waals surface area contributed by atoms with E-state index in [1.54, 1.807) is 44.3 Å². The molecule has 28 heavy (non-hydrogen) atoms. The number of aromatic nitrogens is 3. The molecule has 0 amide bonds. The van der Waals surface area contributed by atoms with Gasteiger partial charge in [-0.1, -0.05) is 18.1 Å². The molecule has 3 aromatic rings. The van der Waals surface area contributed by atoms with Crippen LogP contribution >= 0.6 is 0 Å². The van der Waals surface area contributed by atoms with Gasteiger partial charge in [-0.05, 0) is 43.2 Å². The summed E-state index contributed by atoms with van der Waals surface area (Å²) in [4.78, 5) is 15.5. The van der Waals surface area contributed by atoms with Gasteiger partial charge in [0.1, 0.15) is 5.75 Å². The summed E-state index contributed by atoms with van der Waals surface area (Å²) < 4.78 is 49.9. The maximum absolute atomic E-state index is 12.7. The first-order valence-corrected chi connectivity index (χ1v) is 8.57. The number of halogens is 3. The fourth-order valence-electron chi connectivity index (χ4n) is 2.87. The van der Waals surface area contributed by atoms with Crippen LogP contribution in [0.3, 0.4) is 0 Å². The minimum Gasteiger partial charge on any atom is -0.470 e. The molecule has 0 aliphatic heterocycles. The van der Waals surface area contributed by atoms with Gasteiger partial charge in [-0.15, -0.1) is 0 Å². The molecule has 0 saturated heterocycles. The highest BCUT2D eigenvalue weighted by Crippen LogP contribution is 2.33. The standard InChI is InChI=1S/C19H18F3N3O3/c1-4-15(25-8-6-5-7-14(25)26)27-16-11(2)9-13(10-12(16)3)17-23-18(28-24-17)19(20,21)22/h5-10,15H,4H2,1-3H3. The molecule has 0 spiro atoms. The van der Waals surface area contributed by atoms with Crippen molar-refractivity contribution < 1.29 is 22.4 Å². The van der Waals surface area contributed by atoms with E-state index >= 15 is 0 Å². The molecule has 0 fully saturated rings. The number of rotatable bonds is 5. The summed E-state index contributed by atoms with van der Waals surface area (Å²) in [5.41, 5.74) is 1.55. The van der Waals surface area contributed by atoms with Gasteiger partial charge < -0.3 is 9.26 Å². The zero-order valence-electron chi connectivity index (χ0n) is 15.4. The highest BCUT2D eigenvalue weighted by Gasteiger charge is 2.38. The highest BCUT2D eigenvalue weighted by atomic mass is 19.4. The zero-order chi connectivity index (χ0) is 20.5. The van der Waals surface area contributed by atoms with Crippen molar-refractivity contribution in [1.29, 1.82) is 0 Å². The molecule has 0 N–H and O–H groups in total. The molecule has 1 atom stereocenters. The van der Waals surface area contributed by atoms with Gasteiger partial charge in [-0.3, -0.25) is 9.36 Å². The predicted molar refractivity (Wildman–Crippen MR) is 94.9 cm³/mol. The number of alkyl halides is 3. The lowest BCUT2D eigenvalue weighted by atomic mass is 10.1. The largest absolute Gasteiger partial charge is 0.471 e. The summed E-state index contributed by atoms with van der Waals surface area (Å²) in [6, 6.07) is 8.08. The van der Waals surface area contributed by atoms with Crippen molar-refractivity contribution in [2.45, 2.75) is 39.6 Å². The average Bonchev–Trinajstić information content (AvgIpc) is 3.13. The summed E-state index contributed by atoms with van der Waals surface area (Å²) in [6.07, 6.45) is -3.02. The first-order chi connectivity index (χ1) is 13.2. The third-order valence-electron chi connectivity index (χ3n) is 4.15. The summed E-state index contributed by atoms with van der Waals surface area (Å²) >= 11 is 0. The van der Waals surface area contributed by atoms with Gasteiger partial charge in [-0.2, -0.15) is 18.2 Å². The summed E-state index contributed by atoms with van der Waals surface area (Å²) in [5.74, 6) is -1.00. The Labute approximate surface area is 158 Å². The van der Waals surface area contributed by atoms with Crippen LogP contribution in [0, 0.1) is 13.8 Å². The molecule has 0 radical (unpaired) electrons. The van der Waals surface area contributed by atoms with Crippen molar-refractivity contribution in [3.63, 3.8) is 0 Å². The minimum absolute atomic E-state index is 0.156. The lowest BCUT2D eigenvalue weighted by Gasteiger charge is -2.22. The van der Waals surface area contributed by atoms with Gasteiger partial charge >= 0.3 is 12.1 Å². The average molecular weight is 393 g/mol. The van der Waals surface area contributed by atoms with Crippen LogP contribution in [-0.4, -0.2) is 14.7 Å². The molecule has 0 saturated carbocycles. The Hall–Kier alpha value is -3.10. The number of benzene rings is 1. The van der Waals surface area contributed by atoms with Crippen molar-refractivity contribution >= 4 is 0 Å². The Morgan fingerprint density at radius 1 is 1.21 bits per heavy atom. The molecule has 0 bridgehead atoms. The van der Waals surface area contributed by atoms with E-state index in [0.29, 0.717) is 28.9 Å². The van der Waals surface area contributed by atoms with Crippen molar-refractivity contribution in [3.8, 4) is 17.1 Å². The van der Waals surface area contributed by atoms with Crippen LogP contribution in [0.4, 0.5) is 13.2 Å². The van der Waals surface area contributed by atoms with Gasteiger partial charge in [0.25, 0.3) is 5.56 Å². The maximum atomic E-state index is 12.7. The van der Waals surface area contributed by atoms with Crippen molar-refractivity contribution in [3.05, 3.63) is 63.9 Å². The van der Waals surface area contributed by atoms with Crippen LogP contribution in [0.2, 0.25) is 0 Å². The Kier molecular flexibility index (Phi) is 5.26. The minimum atomic E-state index is -4.70. The number of nitrogens with zero attached hydrogens (tertiary/aromatic N) is 3. The van der Waals surface area contributed by atoms with E-state index in [2.05, 4.69) is 14.7 Å². The lowest BCUT2D eigenvalue weighted by Crippen LogP contribution is -2.26. The topological polar surface area (TPSA) is 70.2 Å². The zero-order valence-corrected chi connectivity index (χ0v) is 15.4. The third kappa shape index (κ3) is 3.92. The van der Waals surface area contributed by atoms with Gasteiger partial charge in [0.15, 0.2) is 6.23 Å². The molecule has 148 valence electrons. The second kappa shape index (κ2) is 7.49. The van der Waals surface area contributed by atoms with E-state index < -0.39 is 18.3 Å². The molecular weight excluding hydrogens is 375 g/mol. The first-order valence-electron chi connectivity index (χ1n) is 8.57. The molecular formula is C19H18F3N3O3. The van der Waals surface area contributed by atoms with E-state index in [9.17, 15) is 18.0 Å². The van der Waals surface area contributed by atoms with Crippen LogP contribution in [0.15, 0.2) is 45.8 Å². The van der Waals surface area contributed by atoms with Gasteiger partial charge in [-0.25, -0.2) is 0 Å². The molecule has 3 rings (SSSR count). The smallest absolute Gasteiger partial charge is 0.470 e. The third-order valence-corrected chi connectivity index (χ3v) is 4.15. The molecule has 1 aromatic carbocycles. The monoisotopic (exact) mass is 393 g/mol. The van der Waals surface area contributed by atoms with E-state index in [1.165, 1.54) is 10.6 Å². The van der Waals surface area contributed by atoms with Crippen molar-refractivity contribution in [1.82, 2.24) is 14.7 Å². The van der Waals surface area contributed by atoms with E-state index in [-0.39, 0.29) is 11.4 Å². The molecule has 9 heteroatoms. The maximum Gasteiger partial charge on any atom is 0.471 e. The van der Waals surface area contributed by atoms with Crippen LogP contribution < -0.4 is 10.3 Å². The quantitative estimate of drug-likeness (QED) is 0.637. The van der Waals surface area contributed by atoms with E-state index in [4.69, 9.17) is 4.74 Å². The number of hydrogen-bond acceptors (Lipinski definition) is 5. The van der Waals surface area contributed by atoms with Crippen LogP contribution in [-0.2, 0) is 6.18 Å². The van der Waals surface area contributed by atoms with Crippen LogP contribution in [0.1, 0.15) is 36.6 Å². The van der Waals surface area contributed by atoms with E-state index in [1.807, 2.05) is 6.92 Å². The second-order valence-corrected chi connectivity index (χ2v) is 6.29. The molecule has 2 aromatic heterocycles. The van der Waals surface area contributed by atoms with E-state index in [0.717, 1.165) is 0 Å². The Morgan fingerprint density at radius 3 is 2.43 bits per heavy atom. The molecule has 0 aliphatic carbocycles. The van der Waals surface area contributed by atoms with Gasteiger partial charge in [0.05, 0.1) is 0 Å². The number of ether oxygens (including phenoxy) is 1. The lowest BCUT2D eigenvalue weighted by molar-refractivity contribution is -0.159. The van der Waals surface area contributed by atoms with Crippen LogP contribution in [0.25, 0.3) is 11.4 Å². The Balaban J connectivity index is 1.93. The highest BCUT2D eigenvalue weighted by molar-refractivity contribution is 5.61. The summed E-state index contributed by atoms with van der Waals surface area (Å²) in [6.45, 7) is 5.41. The van der Waals surface area contributed by atoms with Crippen molar-refractivity contribution in [2.75, 3.05) is 0 Å². The summed E-state index contributed by atoms with van der Waals surface area (Å²) in [5, 5.41) is 3.41. The SMILES string of the molecule is CCC(Oc1c(C)cc(-c2noc(C(F)(F)F)n2)cc1C)n1ccccc1=O. The number of hydrogen-bond donors (Lipinski definition) is 0. The Morgan fingerprint density at radius 2 is 1.89 bits per heavy atom. The normalized spacial score (nSPS) is 12.8. The molecule has 1 unspecified atom stereocenters. The van der Waals surface area contributed by atoms with Crippen LogP contribution in [0.5, 0.6) is 5.75 Å². The number of aryl methyl sites for hydroxylation is 2. The number of pyridine rings is 1. The molecule has 0 aliphatic rings.